The van der Waals surface area contributed by atoms with Crippen LogP contribution in [0, 0.1) is 0 Å². The molecular weight excluding hydrogens is 318 g/mol. The molecule has 0 saturated carbocycles. The Hall–Kier alpha value is -2.04. The molecular formula is C17H12ClNO2S. The lowest BCUT2D eigenvalue weighted by atomic mass is 10.2. The fraction of sp³-hybridized carbons (Fsp3) is 0.0588. The van der Waals surface area contributed by atoms with Crippen molar-refractivity contribution in [2.45, 2.75) is 6.54 Å². The number of rotatable bonds is 3. The number of hydrogen-bond donors (Lipinski definition) is 0. The molecule has 3 nitrogen and oxygen atoms in total. The van der Waals surface area contributed by atoms with Gasteiger partial charge in [0.15, 0.2) is 0 Å². The van der Waals surface area contributed by atoms with Crippen LogP contribution in [0.2, 0.25) is 5.02 Å². The van der Waals surface area contributed by atoms with Gasteiger partial charge in [-0.3, -0.25) is 14.5 Å². The number of thioether (sulfide) groups is 1. The van der Waals surface area contributed by atoms with Crippen molar-refractivity contribution in [2.75, 3.05) is 0 Å². The molecule has 1 heterocycles. The molecule has 3 rings (SSSR count). The lowest BCUT2D eigenvalue weighted by Crippen LogP contribution is -2.27. The van der Waals surface area contributed by atoms with E-state index in [9.17, 15) is 9.59 Å². The highest BCUT2D eigenvalue weighted by molar-refractivity contribution is 8.18. The summed E-state index contributed by atoms with van der Waals surface area (Å²) in [7, 11) is 0. The molecule has 0 bridgehead atoms. The first-order valence-corrected chi connectivity index (χ1v) is 7.88. The maximum Gasteiger partial charge on any atom is 0.293 e. The first-order valence-electron chi connectivity index (χ1n) is 6.69. The lowest BCUT2D eigenvalue weighted by Gasteiger charge is -2.12. The van der Waals surface area contributed by atoms with E-state index in [1.807, 2.05) is 48.5 Å². The average Bonchev–Trinajstić information content (AvgIpc) is 2.78. The third-order valence-corrected chi connectivity index (χ3v) is 4.50. The molecule has 22 heavy (non-hydrogen) atoms. The van der Waals surface area contributed by atoms with Crippen molar-refractivity contribution in [3.8, 4) is 0 Å². The molecule has 0 N–H and O–H groups in total. The van der Waals surface area contributed by atoms with Crippen molar-refractivity contribution in [1.82, 2.24) is 4.90 Å². The fourth-order valence-electron chi connectivity index (χ4n) is 2.14. The van der Waals surface area contributed by atoms with Gasteiger partial charge in [-0.25, -0.2) is 0 Å². The summed E-state index contributed by atoms with van der Waals surface area (Å²) < 4.78 is 0. The number of nitrogens with zero attached hydrogens (tertiary/aromatic N) is 1. The topological polar surface area (TPSA) is 37.4 Å². The number of carbonyl (C=O) groups excluding carboxylic acids is 2. The van der Waals surface area contributed by atoms with Crippen LogP contribution in [-0.2, 0) is 11.3 Å². The van der Waals surface area contributed by atoms with Gasteiger partial charge >= 0.3 is 0 Å². The van der Waals surface area contributed by atoms with Gasteiger partial charge in [0.05, 0.1) is 11.4 Å². The molecule has 110 valence electrons. The van der Waals surface area contributed by atoms with E-state index in [0.717, 1.165) is 22.9 Å². The summed E-state index contributed by atoms with van der Waals surface area (Å²) in [6, 6.07) is 16.7. The predicted octanol–water partition coefficient (Wildman–Crippen LogP) is 4.58. The molecule has 1 aliphatic rings. The summed E-state index contributed by atoms with van der Waals surface area (Å²) in [6.07, 6.45) is 1.66. The Morgan fingerprint density at radius 2 is 1.68 bits per heavy atom. The Morgan fingerprint density at radius 1 is 1.00 bits per heavy atom. The zero-order chi connectivity index (χ0) is 15.5. The van der Waals surface area contributed by atoms with E-state index in [1.165, 1.54) is 4.90 Å². The summed E-state index contributed by atoms with van der Waals surface area (Å²) in [5.74, 6) is -0.279. The smallest absolute Gasteiger partial charge is 0.268 e. The van der Waals surface area contributed by atoms with Crippen molar-refractivity contribution in [3.05, 3.63) is 75.7 Å². The Bertz CT molecular complexity index is 758. The van der Waals surface area contributed by atoms with Gasteiger partial charge in [-0.05, 0) is 35.0 Å². The number of amides is 2. The Balaban J connectivity index is 1.84. The molecule has 2 aromatic carbocycles. The highest BCUT2D eigenvalue weighted by Gasteiger charge is 2.34. The summed E-state index contributed by atoms with van der Waals surface area (Å²) in [4.78, 5) is 26.1. The molecule has 0 unspecified atom stereocenters. The van der Waals surface area contributed by atoms with Gasteiger partial charge in [-0.2, -0.15) is 0 Å². The Labute approximate surface area is 137 Å². The van der Waals surface area contributed by atoms with E-state index >= 15 is 0 Å². The molecule has 0 aliphatic carbocycles. The van der Waals surface area contributed by atoms with Gasteiger partial charge in [0, 0.05) is 5.02 Å². The maximum absolute atomic E-state index is 12.4. The third-order valence-electron chi connectivity index (χ3n) is 3.25. The summed E-state index contributed by atoms with van der Waals surface area (Å²) in [5, 5.41) is 0.296. The van der Waals surface area contributed by atoms with Crippen molar-refractivity contribution >= 4 is 40.6 Å². The fourth-order valence-corrected chi connectivity index (χ4v) is 3.16. The molecule has 0 aromatic heterocycles. The van der Waals surface area contributed by atoms with Gasteiger partial charge in [-0.15, -0.1) is 0 Å². The number of hydrogen-bond acceptors (Lipinski definition) is 3. The number of benzene rings is 2. The van der Waals surface area contributed by atoms with Crippen molar-refractivity contribution in [2.24, 2.45) is 0 Å². The summed E-state index contributed by atoms with van der Waals surface area (Å²) in [5.41, 5.74) is 1.65. The molecule has 2 amide bonds. The van der Waals surface area contributed by atoms with Crippen LogP contribution in [0.5, 0.6) is 0 Å². The van der Waals surface area contributed by atoms with Crippen LogP contribution >= 0.6 is 23.4 Å². The number of carbonyl (C=O) groups is 2. The van der Waals surface area contributed by atoms with Crippen LogP contribution < -0.4 is 0 Å². The van der Waals surface area contributed by atoms with Crippen LogP contribution in [-0.4, -0.2) is 16.0 Å². The minimum absolute atomic E-state index is 0.257. The van der Waals surface area contributed by atoms with E-state index in [0.29, 0.717) is 9.93 Å². The quantitative estimate of drug-likeness (QED) is 0.774. The molecule has 0 spiro atoms. The maximum atomic E-state index is 12.4. The van der Waals surface area contributed by atoms with Gasteiger partial charge in [0.25, 0.3) is 11.1 Å². The average molecular weight is 330 g/mol. The second-order valence-electron chi connectivity index (χ2n) is 4.77. The van der Waals surface area contributed by atoms with Gasteiger partial charge in [-0.1, -0.05) is 60.1 Å². The SMILES string of the molecule is O=C1S/C(=C\c2ccccc2Cl)C(=O)N1Cc1ccccc1. The first kappa shape index (κ1) is 14.9. The summed E-state index contributed by atoms with van der Waals surface area (Å²) >= 11 is 7.03. The van der Waals surface area contributed by atoms with Crippen molar-refractivity contribution < 1.29 is 9.59 Å². The largest absolute Gasteiger partial charge is 0.293 e. The Kier molecular flexibility index (Phi) is 4.32. The van der Waals surface area contributed by atoms with Crippen LogP contribution in [0.1, 0.15) is 11.1 Å². The van der Waals surface area contributed by atoms with Crippen LogP contribution in [0.3, 0.4) is 0 Å². The predicted molar refractivity (Wildman–Crippen MR) is 89.4 cm³/mol. The minimum Gasteiger partial charge on any atom is -0.268 e. The first-order chi connectivity index (χ1) is 10.6. The zero-order valence-corrected chi connectivity index (χ0v) is 13.1. The molecule has 1 aliphatic heterocycles. The molecule has 0 atom stereocenters. The van der Waals surface area contributed by atoms with Gasteiger partial charge in [0.2, 0.25) is 0 Å². The van der Waals surface area contributed by atoms with Crippen molar-refractivity contribution in [3.63, 3.8) is 0 Å². The van der Waals surface area contributed by atoms with E-state index in [2.05, 4.69) is 0 Å². The molecule has 5 heteroatoms. The molecule has 2 aromatic rings. The molecule has 1 fully saturated rings. The second kappa shape index (κ2) is 6.38. The van der Waals surface area contributed by atoms with E-state index in [1.54, 1.807) is 12.1 Å². The standard InChI is InChI=1S/C17H12ClNO2S/c18-14-9-5-4-8-13(14)10-15-16(20)19(17(21)22-15)11-12-6-2-1-3-7-12/h1-10H,11H2/b15-10-. The van der Waals surface area contributed by atoms with Crippen LogP contribution in [0.4, 0.5) is 4.79 Å². The highest BCUT2D eigenvalue weighted by atomic mass is 35.5. The normalized spacial score (nSPS) is 16.6. The van der Waals surface area contributed by atoms with Gasteiger partial charge < -0.3 is 0 Å². The lowest BCUT2D eigenvalue weighted by molar-refractivity contribution is -0.123. The van der Waals surface area contributed by atoms with E-state index < -0.39 is 0 Å². The zero-order valence-electron chi connectivity index (χ0n) is 11.5. The monoisotopic (exact) mass is 329 g/mol. The molecule has 1 saturated heterocycles. The van der Waals surface area contributed by atoms with E-state index in [-0.39, 0.29) is 17.7 Å². The van der Waals surface area contributed by atoms with Gasteiger partial charge in [0.1, 0.15) is 0 Å². The van der Waals surface area contributed by atoms with Crippen molar-refractivity contribution in [1.29, 1.82) is 0 Å². The van der Waals surface area contributed by atoms with Crippen LogP contribution in [0.25, 0.3) is 6.08 Å². The summed E-state index contributed by atoms with van der Waals surface area (Å²) in [6.45, 7) is 0.283. The van der Waals surface area contributed by atoms with Crippen LogP contribution in [0.15, 0.2) is 59.5 Å². The number of halogens is 1. The third kappa shape index (κ3) is 3.08. The molecule has 0 radical (unpaired) electrons. The van der Waals surface area contributed by atoms with E-state index in [4.69, 9.17) is 11.6 Å². The minimum atomic E-state index is -0.279. The Morgan fingerprint density at radius 3 is 2.41 bits per heavy atom. The highest BCUT2D eigenvalue weighted by Crippen LogP contribution is 2.34. The second-order valence-corrected chi connectivity index (χ2v) is 6.18. The number of imide groups is 1.